The summed E-state index contributed by atoms with van der Waals surface area (Å²) in [6, 6.07) is -3.44. The topological polar surface area (TPSA) is 112 Å². The molecule has 0 saturated heterocycles. The third-order valence-electron chi connectivity index (χ3n) is 9.22. The first kappa shape index (κ1) is 41.1. The second-order valence-electron chi connectivity index (χ2n) is 12.6. The van der Waals surface area contributed by atoms with E-state index in [2.05, 4.69) is 6.92 Å². The van der Waals surface area contributed by atoms with Crippen molar-refractivity contribution in [2.45, 2.75) is 200 Å². The van der Waals surface area contributed by atoms with Crippen LogP contribution in [0.25, 0.3) is 0 Å². The molecule has 0 aliphatic heterocycles. The number of rotatable bonds is 31. The van der Waals surface area contributed by atoms with Crippen LogP contribution in [0.1, 0.15) is 182 Å². The van der Waals surface area contributed by atoms with Crippen LogP contribution < -0.4 is 0 Å². The Labute approximate surface area is 264 Å². The summed E-state index contributed by atoms with van der Waals surface area (Å²) in [6.45, 7) is 7.32. The third-order valence-corrected chi connectivity index (χ3v) is 9.22. The highest BCUT2D eigenvalue weighted by molar-refractivity contribution is 5.78. The standard InChI is InChI=1S/C36H67NO6/c1-5-9-10-11-12-13-14-15-16-17-18-19-20-21-22-23-24-25-26-27-28-29-30-37(31(6-2)34(38)39,32(7-3)35(40)41)33(8-4)36(42)43/h29-33H,5-28H2,1-4H3,(H2-,38,39,40,41,42,43)/p+1/b30-29+. The molecule has 0 amide bonds. The third kappa shape index (κ3) is 16.7. The van der Waals surface area contributed by atoms with E-state index in [4.69, 9.17) is 0 Å². The molecule has 0 fully saturated rings. The number of carbonyl (C=O) groups is 3. The van der Waals surface area contributed by atoms with Gasteiger partial charge in [0.25, 0.3) is 0 Å². The average Bonchev–Trinajstić information content (AvgIpc) is 2.96. The van der Waals surface area contributed by atoms with Crippen molar-refractivity contribution in [1.82, 2.24) is 0 Å². The van der Waals surface area contributed by atoms with E-state index in [1.54, 1.807) is 27.0 Å². The maximum absolute atomic E-state index is 12.3. The summed E-state index contributed by atoms with van der Waals surface area (Å²) in [5.41, 5.74) is 0. The minimum atomic E-state index is -1.16. The molecule has 0 aromatic carbocycles. The van der Waals surface area contributed by atoms with E-state index in [0.29, 0.717) is 6.42 Å². The Bertz CT molecular complexity index is 697. The van der Waals surface area contributed by atoms with E-state index in [1.807, 2.05) is 6.08 Å². The minimum Gasteiger partial charge on any atom is -0.477 e. The minimum absolute atomic E-state index is 0.145. The van der Waals surface area contributed by atoms with Gasteiger partial charge in [-0.2, -0.15) is 0 Å². The lowest BCUT2D eigenvalue weighted by Gasteiger charge is -2.46. The van der Waals surface area contributed by atoms with Crippen LogP contribution in [0, 0.1) is 0 Å². The highest BCUT2D eigenvalue weighted by atomic mass is 16.4. The summed E-state index contributed by atoms with van der Waals surface area (Å²) in [4.78, 5) is 36.8. The molecule has 43 heavy (non-hydrogen) atoms. The van der Waals surface area contributed by atoms with Gasteiger partial charge in [-0.3, -0.25) is 4.48 Å². The largest absolute Gasteiger partial charge is 0.477 e. The highest BCUT2D eigenvalue weighted by Crippen LogP contribution is 2.32. The molecule has 3 unspecified atom stereocenters. The predicted molar refractivity (Wildman–Crippen MR) is 177 cm³/mol. The molecular formula is C36H68NO6+. The summed E-state index contributed by atoms with van der Waals surface area (Å²) < 4.78 is -0.581. The van der Waals surface area contributed by atoms with Crippen molar-refractivity contribution in [2.75, 3.05) is 0 Å². The van der Waals surface area contributed by atoms with Crippen LogP contribution in [-0.4, -0.2) is 55.8 Å². The molecule has 252 valence electrons. The number of hydrogen-bond acceptors (Lipinski definition) is 3. The lowest BCUT2D eigenvalue weighted by molar-refractivity contribution is -0.927. The van der Waals surface area contributed by atoms with Crippen molar-refractivity contribution < 1.29 is 34.2 Å². The van der Waals surface area contributed by atoms with Crippen molar-refractivity contribution >= 4 is 17.9 Å². The number of unbranched alkanes of at least 4 members (excludes halogenated alkanes) is 20. The smallest absolute Gasteiger partial charge is 0.362 e. The number of carboxylic acid groups (broad SMARTS) is 3. The molecule has 0 heterocycles. The molecule has 3 atom stereocenters. The lowest BCUT2D eigenvalue weighted by Crippen LogP contribution is -2.69. The molecule has 0 aliphatic carbocycles. The van der Waals surface area contributed by atoms with E-state index in [0.717, 1.165) is 19.3 Å². The van der Waals surface area contributed by atoms with Crippen molar-refractivity contribution in [1.29, 1.82) is 0 Å². The van der Waals surface area contributed by atoms with Gasteiger partial charge in [0.15, 0.2) is 18.1 Å². The molecule has 7 nitrogen and oxygen atoms in total. The Hall–Kier alpha value is -1.89. The number of aliphatic carboxylic acids is 3. The van der Waals surface area contributed by atoms with Crippen LogP contribution in [0.5, 0.6) is 0 Å². The van der Waals surface area contributed by atoms with Crippen LogP contribution in [0.4, 0.5) is 0 Å². The van der Waals surface area contributed by atoms with Gasteiger partial charge < -0.3 is 15.3 Å². The highest BCUT2D eigenvalue weighted by Gasteiger charge is 2.55. The van der Waals surface area contributed by atoms with Crippen molar-refractivity contribution in [3.8, 4) is 0 Å². The second kappa shape index (κ2) is 26.5. The summed E-state index contributed by atoms with van der Waals surface area (Å²) in [5.74, 6) is -3.49. The molecule has 7 heteroatoms. The fourth-order valence-electron chi connectivity index (χ4n) is 6.78. The molecule has 3 N–H and O–H groups in total. The van der Waals surface area contributed by atoms with Gasteiger partial charge in [-0.1, -0.05) is 150 Å². The second-order valence-corrected chi connectivity index (χ2v) is 12.6. The molecule has 0 spiro atoms. The molecule has 0 radical (unpaired) electrons. The summed E-state index contributed by atoms with van der Waals surface area (Å²) in [5, 5.41) is 30.0. The summed E-state index contributed by atoms with van der Waals surface area (Å²) >= 11 is 0. The zero-order valence-electron chi connectivity index (χ0n) is 28.4. The summed E-state index contributed by atoms with van der Waals surface area (Å²) in [7, 11) is 0. The molecule has 0 rings (SSSR count). The molecule has 0 aromatic heterocycles. The molecule has 0 bridgehead atoms. The van der Waals surface area contributed by atoms with Gasteiger partial charge in [-0.25, -0.2) is 14.4 Å². The zero-order valence-corrected chi connectivity index (χ0v) is 28.4. The number of hydrogen-bond donors (Lipinski definition) is 3. The normalized spacial score (nSPS) is 15.3. The first-order valence-electron chi connectivity index (χ1n) is 18.0. The Balaban J connectivity index is 4.36. The Kier molecular flexibility index (Phi) is 25.3. The quantitative estimate of drug-likeness (QED) is 0.0532. The van der Waals surface area contributed by atoms with Crippen molar-refractivity contribution in [3.63, 3.8) is 0 Å². The van der Waals surface area contributed by atoms with Crippen LogP contribution in [0.2, 0.25) is 0 Å². The van der Waals surface area contributed by atoms with E-state index < -0.39 is 40.5 Å². The predicted octanol–water partition coefficient (Wildman–Crippen LogP) is 10.1. The summed E-state index contributed by atoms with van der Waals surface area (Å²) in [6.07, 6.45) is 30.9. The molecular weight excluding hydrogens is 542 g/mol. The zero-order chi connectivity index (χ0) is 32.3. The van der Waals surface area contributed by atoms with Gasteiger partial charge in [0.05, 0.1) is 6.20 Å². The number of quaternary nitrogens is 1. The average molecular weight is 611 g/mol. The van der Waals surface area contributed by atoms with Gasteiger partial charge in [-0.15, -0.1) is 0 Å². The van der Waals surface area contributed by atoms with Crippen LogP contribution in [0.3, 0.4) is 0 Å². The number of carboxylic acids is 3. The van der Waals surface area contributed by atoms with E-state index in [-0.39, 0.29) is 19.3 Å². The maximum atomic E-state index is 12.3. The molecule has 0 saturated carbocycles. The van der Waals surface area contributed by atoms with Crippen LogP contribution in [0.15, 0.2) is 12.3 Å². The van der Waals surface area contributed by atoms with Crippen LogP contribution in [-0.2, 0) is 14.4 Å². The van der Waals surface area contributed by atoms with Crippen LogP contribution >= 0.6 is 0 Å². The molecule has 0 aliphatic rings. The van der Waals surface area contributed by atoms with Gasteiger partial charge in [0.1, 0.15) is 0 Å². The van der Waals surface area contributed by atoms with E-state index in [1.165, 1.54) is 109 Å². The first-order chi connectivity index (χ1) is 20.7. The van der Waals surface area contributed by atoms with E-state index in [9.17, 15) is 29.7 Å². The lowest BCUT2D eigenvalue weighted by atomic mass is 9.95. The van der Waals surface area contributed by atoms with Gasteiger partial charge in [0.2, 0.25) is 0 Å². The maximum Gasteiger partial charge on any atom is 0.362 e. The number of allylic oxidation sites excluding steroid dienone is 1. The van der Waals surface area contributed by atoms with Crippen molar-refractivity contribution in [2.24, 2.45) is 0 Å². The van der Waals surface area contributed by atoms with Crippen molar-refractivity contribution in [3.05, 3.63) is 12.3 Å². The number of nitrogens with zero attached hydrogens (tertiary/aromatic N) is 1. The van der Waals surface area contributed by atoms with Gasteiger partial charge in [-0.05, 0) is 18.9 Å². The fraction of sp³-hybridized carbons (Fsp3) is 0.861. The van der Waals surface area contributed by atoms with Gasteiger partial charge >= 0.3 is 17.9 Å². The Morgan fingerprint density at radius 2 is 0.721 bits per heavy atom. The molecule has 0 aromatic rings. The fourth-order valence-corrected chi connectivity index (χ4v) is 6.78. The SMILES string of the molecule is CCCCCCCCCCCCCCCCCCCCCC/C=C/[N+](C(CC)C(=O)O)(C(CC)C(=O)O)C(CC)C(=O)O. The monoisotopic (exact) mass is 611 g/mol. The first-order valence-corrected chi connectivity index (χ1v) is 18.0. The Morgan fingerprint density at radius 3 is 0.953 bits per heavy atom. The Morgan fingerprint density at radius 1 is 0.465 bits per heavy atom. The van der Waals surface area contributed by atoms with Gasteiger partial charge in [0, 0.05) is 19.3 Å². The van der Waals surface area contributed by atoms with E-state index >= 15 is 0 Å².